The molecule has 1 aliphatic rings. The molecule has 1 fully saturated rings. The molecule has 0 saturated carbocycles. The second kappa shape index (κ2) is 5.71. The van der Waals surface area contributed by atoms with Crippen molar-refractivity contribution in [1.82, 2.24) is 4.90 Å². The molecule has 5 nitrogen and oxygen atoms in total. The molecule has 1 saturated heterocycles. The van der Waals surface area contributed by atoms with Gasteiger partial charge in [-0.1, -0.05) is 24.9 Å². The highest BCUT2D eigenvalue weighted by Crippen LogP contribution is 2.25. The maximum absolute atomic E-state index is 12.4. The maximum Gasteiger partial charge on any atom is 0.255 e. The number of nitrogens with zero attached hydrogens (tertiary/aromatic N) is 1. The van der Waals surface area contributed by atoms with Gasteiger partial charge in [-0.25, -0.2) is 13.6 Å². The van der Waals surface area contributed by atoms with Crippen LogP contribution < -0.4 is 5.14 Å². The lowest BCUT2D eigenvalue weighted by Crippen LogP contribution is -2.29. The number of amides is 1. The standard InChI is InChI=1S/C13H17ClN2O3S/c1-2-9-5-6-16(8-9)13(17)11-7-10(20(15,18)19)3-4-12(11)14/h3-4,7,9H,2,5-6,8H2,1H3,(H2,15,18,19). The number of rotatable bonds is 3. The van der Waals surface area contributed by atoms with E-state index in [1.807, 2.05) is 0 Å². The first kappa shape index (κ1) is 15.3. The second-order valence-electron chi connectivity index (χ2n) is 5.00. The molecule has 0 aromatic heterocycles. The summed E-state index contributed by atoms with van der Waals surface area (Å²) in [4.78, 5) is 14.0. The van der Waals surface area contributed by atoms with E-state index < -0.39 is 10.0 Å². The largest absolute Gasteiger partial charge is 0.338 e. The maximum atomic E-state index is 12.4. The highest BCUT2D eigenvalue weighted by molar-refractivity contribution is 7.89. The van der Waals surface area contributed by atoms with Crippen LogP contribution >= 0.6 is 11.6 Å². The van der Waals surface area contributed by atoms with Gasteiger partial charge in [0, 0.05) is 13.1 Å². The van der Waals surface area contributed by atoms with Gasteiger partial charge in [-0.15, -0.1) is 0 Å². The van der Waals surface area contributed by atoms with Crippen LogP contribution in [0.1, 0.15) is 30.1 Å². The molecular weight excluding hydrogens is 300 g/mol. The zero-order valence-electron chi connectivity index (χ0n) is 11.2. The minimum absolute atomic E-state index is 0.100. The first-order chi connectivity index (χ1) is 9.32. The molecular formula is C13H17ClN2O3S. The number of sulfonamides is 1. The Morgan fingerprint density at radius 3 is 2.75 bits per heavy atom. The zero-order chi connectivity index (χ0) is 14.9. The van der Waals surface area contributed by atoms with Crippen molar-refractivity contribution in [2.45, 2.75) is 24.7 Å². The van der Waals surface area contributed by atoms with Crippen molar-refractivity contribution >= 4 is 27.5 Å². The monoisotopic (exact) mass is 316 g/mol. The van der Waals surface area contributed by atoms with Gasteiger partial charge in [0.25, 0.3) is 5.91 Å². The van der Waals surface area contributed by atoms with Gasteiger partial charge < -0.3 is 4.90 Å². The molecule has 1 amide bonds. The number of hydrogen-bond donors (Lipinski definition) is 1. The molecule has 110 valence electrons. The van der Waals surface area contributed by atoms with Crippen molar-refractivity contribution in [2.24, 2.45) is 11.1 Å². The lowest BCUT2D eigenvalue weighted by atomic mass is 10.1. The second-order valence-corrected chi connectivity index (χ2v) is 6.97. The van der Waals surface area contributed by atoms with Gasteiger partial charge in [-0.05, 0) is 30.5 Å². The highest BCUT2D eigenvalue weighted by Gasteiger charge is 2.27. The third-order valence-corrected chi connectivity index (χ3v) is 4.89. The predicted molar refractivity (Wildman–Crippen MR) is 77.1 cm³/mol. The van der Waals surface area contributed by atoms with E-state index in [0.29, 0.717) is 19.0 Å². The van der Waals surface area contributed by atoms with Crippen molar-refractivity contribution < 1.29 is 13.2 Å². The first-order valence-electron chi connectivity index (χ1n) is 6.44. The number of primary sulfonamides is 1. The van der Waals surface area contributed by atoms with Crippen LogP contribution in [0.3, 0.4) is 0 Å². The Kier molecular flexibility index (Phi) is 4.36. The van der Waals surface area contributed by atoms with Crippen LogP contribution in [0.4, 0.5) is 0 Å². The van der Waals surface area contributed by atoms with Crippen LogP contribution in [-0.4, -0.2) is 32.3 Å². The molecule has 0 spiro atoms. The number of carbonyl (C=O) groups is 1. The Labute approximate surface area is 123 Å². The lowest BCUT2D eigenvalue weighted by molar-refractivity contribution is 0.0787. The number of carbonyl (C=O) groups excluding carboxylic acids is 1. The molecule has 2 rings (SSSR count). The molecule has 1 aromatic carbocycles. The molecule has 2 N–H and O–H groups in total. The summed E-state index contributed by atoms with van der Waals surface area (Å²) in [6, 6.07) is 3.94. The Morgan fingerprint density at radius 2 is 2.20 bits per heavy atom. The van der Waals surface area contributed by atoms with Gasteiger partial charge in [-0.2, -0.15) is 0 Å². The molecule has 1 unspecified atom stereocenters. The van der Waals surface area contributed by atoms with E-state index in [-0.39, 0.29) is 21.4 Å². The van der Waals surface area contributed by atoms with Gasteiger partial charge in [0.05, 0.1) is 15.5 Å². The molecule has 1 atom stereocenters. The quantitative estimate of drug-likeness (QED) is 0.924. The van der Waals surface area contributed by atoms with Crippen molar-refractivity contribution in [1.29, 1.82) is 0 Å². The van der Waals surface area contributed by atoms with E-state index in [2.05, 4.69) is 6.92 Å². The van der Waals surface area contributed by atoms with Gasteiger partial charge in [-0.3, -0.25) is 4.79 Å². The van der Waals surface area contributed by atoms with Crippen molar-refractivity contribution in [3.05, 3.63) is 28.8 Å². The summed E-state index contributed by atoms with van der Waals surface area (Å²) >= 11 is 6.01. The summed E-state index contributed by atoms with van der Waals surface area (Å²) in [6.45, 7) is 3.45. The number of nitrogens with two attached hydrogens (primary N) is 1. The number of benzene rings is 1. The number of likely N-dealkylation sites (tertiary alicyclic amines) is 1. The third kappa shape index (κ3) is 3.13. The van der Waals surface area contributed by atoms with E-state index in [0.717, 1.165) is 12.8 Å². The summed E-state index contributed by atoms with van der Waals surface area (Å²) in [6.07, 6.45) is 1.99. The minimum atomic E-state index is -3.84. The van der Waals surface area contributed by atoms with E-state index in [1.54, 1.807) is 4.90 Å². The van der Waals surface area contributed by atoms with Crippen LogP contribution in [0.5, 0.6) is 0 Å². The summed E-state index contributed by atoms with van der Waals surface area (Å²) in [5.74, 6) is 0.260. The van der Waals surface area contributed by atoms with Gasteiger partial charge in [0.1, 0.15) is 0 Å². The summed E-state index contributed by atoms with van der Waals surface area (Å²) in [5, 5.41) is 5.32. The van der Waals surface area contributed by atoms with Crippen molar-refractivity contribution in [3.8, 4) is 0 Å². The first-order valence-corrected chi connectivity index (χ1v) is 8.37. The summed E-state index contributed by atoms with van der Waals surface area (Å²) in [5.41, 5.74) is 0.190. The van der Waals surface area contributed by atoms with Crippen LogP contribution in [0.25, 0.3) is 0 Å². The topological polar surface area (TPSA) is 80.5 Å². The normalized spacial score (nSPS) is 19.4. The fourth-order valence-electron chi connectivity index (χ4n) is 2.37. The SMILES string of the molecule is CCC1CCN(C(=O)c2cc(S(N)(=O)=O)ccc2Cl)C1. The van der Waals surface area contributed by atoms with E-state index in [4.69, 9.17) is 16.7 Å². The van der Waals surface area contributed by atoms with E-state index >= 15 is 0 Å². The Morgan fingerprint density at radius 1 is 1.50 bits per heavy atom. The fourth-order valence-corrected chi connectivity index (χ4v) is 3.10. The third-order valence-electron chi connectivity index (χ3n) is 3.65. The summed E-state index contributed by atoms with van der Waals surface area (Å²) in [7, 11) is -3.84. The smallest absolute Gasteiger partial charge is 0.255 e. The summed E-state index contributed by atoms with van der Waals surface area (Å²) < 4.78 is 22.7. The Bertz CT molecular complexity index is 631. The molecule has 1 aromatic rings. The zero-order valence-corrected chi connectivity index (χ0v) is 12.7. The molecule has 20 heavy (non-hydrogen) atoms. The van der Waals surface area contributed by atoms with Crippen molar-refractivity contribution in [3.63, 3.8) is 0 Å². The average Bonchev–Trinajstić information content (AvgIpc) is 2.86. The van der Waals surface area contributed by atoms with Gasteiger partial charge >= 0.3 is 0 Å². The Hall–Kier alpha value is -1.11. The van der Waals surface area contributed by atoms with Crippen molar-refractivity contribution in [2.75, 3.05) is 13.1 Å². The molecule has 0 radical (unpaired) electrons. The molecule has 0 aliphatic carbocycles. The fraction of sp³-hybridized carbons (Fsp3) is 0.462. The van der Waals surface area contributed by atoms with Gasteiger partial charge in [0.15, 0.2) is 0 Å². The molecule has 1 heterocycles. The van der Waals surface area contributed by atoms with Crippen LogP contribution in [0, 0.1) is 5.92 Å². The lowest BCUT2D eigenvalue weighted by Gasteiger charge is -2.17. The van der Waals surface area contributed by atoms with Crippen LogP contribution in [-0.2, 0) is 10.0 Å². The van der Waals surface area contributed by atoms with Gasteiger partial charge in [0.2, 0.25) is 10.0 Å². The predicted octanol–water partition coefficient (Wildman–Crippen LogP) is 1.86. The van der Waals surface area contributed by atoms with E-state index in [1.165, 1.54) is 18.2 Å². The molecule has 1 aliphatic heterocycles. The van der Waals surface area contributed by atoms with Crippen LogP contribution in [0.15, 0.2) is 23.1 Å². The minimum Gasteiger partial charge on any atom is -0.338 e. The number of halogens is 1. The molecule has 0 bridgehead atoms. The highest BCUT2D eigenvalue weighted by atomic mass is 35.5. The molecule has 7 heteroatoms. The van der Waals surface area contributed by atoms with Crippen LogP contribution in [0.2, 0.25) is 5.02 Å². The average molecular weight is 317 g/mol. The Balaban J connectivity index is 2.30. The van der Waals surface area contributed by atoms with E-state index in [9.17, 15) is 13.2 Å². The number of hydrogen-bond acceptors (Lipinski definition) is 3.